The van der Waals surface area contributed by atoms with Crippen molar-refractivity contribution >= 4 is 29.0 Å². The molecule has 1 rings (SSSR count). The molecule has 0 radical (unpaired) electrons. The summed E-state index contributed by atoms with van der Waals surface area (Å²) in [5.41, 5.74) is 0. The maximum Gasteiger partial charge on any atom is 0.375 e. The summed E-state index contributed by atoms with van der Waals surface area (Å²) in [6.07, 6.45) is 1.83. The Morgan fingerprint density at radius 3 is 2.28 bits per heavy atom. The van der Waals surface area contributed by atoms with Crippen LogP contribution in [0, 0.1) is 0 Å². The minimum atomic E-state index is -0.387. The number of anilines is 2. The van der Waals surface area contributed by atoms with E-state index in [9.17, 15) is 4.79 Å². The molecule has 0 aliphatic heterocycles. The second kappa shape index (κ2) is 10.4. The van der Waals surface area contributed by atoms with Gasteiger partial charge in [-0.05, 0) is 48.0 Å². The first-order valence-corrected chi connectivity index (χ1v) is 9.71. The predicted octanol–water partition coefficient (Wildman–Crippen LogP) is 4.34. The Balaban J connectivity index is 3.06. The van der Waals surface area contributed by atoms with Crippen molar-refractivity contribution in [2.45, 2.75) is 84.6 Å². The van der Waals surface area contributed by atoms with Crippen molar-refractivity contribution in [3.63, 3.8) is 0 Å². The molecule has 142 valence electrons. The molecule has 8 heteroatoms. The highest BCUT2D eigenvalue weighted by molar-refractivity contribution is 8.13. The zero-order chi connectivity index (χ0) is 19.0. The standard InChI is InChI=1S/C17H31N5O2S/c1-8-9-10-24-17(23)25-16-20-14(18-11(2)3)19-15(21-16)22(12(4)5)13(6)7/h11-13H,8-10H2,1-7H3,(H,18,19,20,21). The summed E-state index contributed by atoms with van der Waals surface area (Å²) in [6.45, 7) is 14.8. The summed E-state index contributed by atoms with van der Waals surface area (Å²) in [4.78, 5) is 27.4. The van der Waals surface area contributed by atoms with Gasteiger partial charge in [0.2, 0.25) is 17.1 Å². The largest absolute Gasteiger partial charge is 0.457 e. The second-order valence-electron chi connectivity index (χ2n) is 6.69. The SMILES string of the molecule is CCCCOC(=O)Sc1nc(NC(C)C)nc(N(C(C)C)C(C)C)n1. The van der Waals surface area contributed by atoms with Gasteiger partial charge in [0.05, 0.1) is 6.61 Å². The van der Waals surface area contributed by atoms with E-state index in [0.717, 1.165) is 24.6 Å². The van der Waals surface area contributed by atoms with Gasteiger partial charge < -0.3 is 15.0 Å². The normalized spacial score (nSPS) is 11.3. The highest BCUT2D eigenvalue weighted by Gasteiger charge is 2.21. The Morgan fingerprint density at radius 1 is 1.12 bits per heavy atom. The number of carbonyl (C=O) groups is 1. The van der Waals surface area contributed by atoms with Gasteiger partial charge in [0.15, 0.2) is 0 Å². The van der Waals surface area contributed by atoms with Crippen molar-refractivity contribution in [3.8, 4) is 0 Å². The maximum atomic E-state index is 12.0. The van der Waals surface area contributed by atoms with Gasteiger partial charge in [-0.1, -0.05) is 13.3 Å². The number of thioether (sulfide) groups is 1. The molecule has 0 fully saturated rings. The minimum absolute atomic E-state index is 0.177. The van der Waals surface area contributed by atoms with Crippen LogP contribution in [0.2, 0.25) is 0 Å². The third kappa shape index (κ3) is 7.46. The average Bonchev–Trinajstić information content (AvgIpc) is 2.45. The van der Waals surface area contributed by atoms with E-state index >= 15 is 0 Å². The van der Waals surface area contributed by atoms with Crippen molar-refractivity contribution in [2.24, 2.45) is 0 Å². The molecule has 0 amide bonds. The van der Waals surface area contributed by atoms with Crippen molar-refractivity contribution in [2.75, 3.05) is 16.8 Å². The molecule has 25 heavy (non-hydrogen) atoms. The van der Waals surface area contributed by atoms with Crippen LogP contribution in [0.5, 0.6) is 0 Å². The van der Waals surface area contributed by atoms with Crippen LogP contribution in [0.4, 0.5) is 16.7 Å². The minimum Gasteiger partial charge on any atom is -0.457 e. The quantitative estimate of drug-likeness (QED) is 0.391. The van der Waals surface area contributed by atoms with Crippen molar-refractivity contribution in [1.82, 2.24) is 15.0 Å². The summed E-state index contributed by atoms with van der Waals surface area (Å²) < 4.78 is 5.19. The Bertz CT molecular complexity index is 544. The molecule has 7 nitrogen and oxygen atoms in total. The molecule has 0 atom stereocenters. The monoisotopic (exact) mass is 369 g/mol. The lowest BCUT2D eigenvalue weighted by atomic mass is 10.2. The first kappa shape index (κ1) is 21.5. The van der Waals surface area contributed by atoms with Gasteiger partial charge in [0.1, 0.15) is 0 Å². The molecule has 0 spiro atoms. The van der Waals surface area contributed by atoms with Crippen molar-refractivity contribution in [3.05, 3.63) is 0 Å². The van der Waals surface area contributed by atoms with Crippen molar-refractivity contribution < 1.29 is 9.53 Å². The van der Waals surface area contributed by atoms with E-state index in [1.54, 1.807) is 0 Å². The van der Waals surface area contributed by atoms with Crippen LogP contribution in [-0.4, -0.2) is 45.0 Å². The number of unbranched alkanes of at least 4 members (excludes halogenated alkanes) is 1. The molecule has 0 aliphatic carbocycles. The molecular weight excluding hydrogens is 338 g/mol. The number of carbonyl (C=O) groups excluding carboxylic acids is 1. The van der Waals surface area contributed by atoms with E-state index in [0.29, 0.717) is 23.7 Å². The highest BCUT2D eigenvalue weighted by atomic mass is 32.2. The van der Waals surface area contributed by atoms with E-state index in [2.05, 4.69) is 59.8 Å². The van der Waals surface area contributed by atoms with Crippen LogP contribution in [-0.2, 0) is 4.74 Å². The van der Waals surface area contributed by atoms with Crippen molar-refractivity contribution in [1.29, 1.82) is 0 Å². The Kier molecular flexibility index (Phi) is 8.96. The first-order chi connectivity index (χ1) is 11.7. The van der Waals surface area contributed by atoms with Gasteiger partial charge in [-0.2, -0.15) is 15.0 Å². The summed E-state index contributed by atoms with van der Waals surface area (Å²) in [7, 11) is 0. The van der Waals surface area contributed by atoms with Gasteiger partial charge in [-0.15, -0.1) is 0 Å². The smallest absolute Gasteiger partial charge is 0.375 e. The molecule has 0 aliphatic rings. The van der Waals surface area contributed by atoms with Gasteiger partial charge in [-0.25, -0.2) is 4.79 Å². The molecule has 1 N–H and O–H groups in total. The fourth-order valence-electron chi connectivity index (χ4n) is 2.29. The fourth-order valence-corrected chi connectivity index (χ4v) is 2.84. The summed E-state index contributed by atoms with van der Waals surface area (Å²) in [6, 6.07) is 0.628. The number of nitrogens with one attached hydrogen (secondary N) is 1. The van der Waals surface area contributed by atoms with E-state index < -0.39 is 0 Å². The van der Waals surface area contributed by atoms with E-state index in [1.807, 2.05) is 13.8 Å². The lowest BCUT2D eigenvalue weighted by molar-refractivity contribution is 0.173. The van der Waals surface area contributed by atoms with E-state index in [4.69, 9.17) is 4.74 Å². The number of aromatic nitrogens is 3. The molecule has 1 aromatic heterocycles. The fraction of sp³-hybridized carbons (Fsp3) is 0.765. The molecule has 0 unspecified atom stereocenters. The molecule has 0 saturated heterocycles. The lowest BCUT2D eigenvalue weighted by Crippen LogP contribution is -2.38. The lowest BCUT2D eigenvalue weighted by Gasteiger charge is -2.31. The number of ether oxygens (including phenoxy) is 1. The molecule has 0 bridgehead atoms. The third-order valence-electron chi connectivity index (χ3n) is 3.26. The van der Waals surface area contributed by atoms with Gasteiger partial charge in [-0.3, -0.25) is 0 Å². The van der Waals surface area contributed by atoms with Gasteiger partial charge in [0.25, 0.3) is 0 Å². The number of rotatable bonds is 9. The summed E-state index contributed by atoms with van der Waals surface area (Å²) in [5.74, 6) is 1.03. The Labute approximate surface area is 155 Å². The van der Waals surface area contributed by atoms with E-state index in [-0.39, 0.29) is 23.4 Å². The molecule has 1 aromatic rings. The average molecular weight is 370 g/mol. The highest BCUT2D eigenvalue weighted by Crippen LogP contribution is 2.23. The van der Waals surface area contributed by atoms with Crippen LogP contribution >= 0.6 is 11.8 Å². The van der Waals surface area contributed by atoms with Gasteiger partial charge in [0, 0.05) is 29.9 Å². The van der Waals surface area contributed by atoms with Crippen LogP contribution in [0.25, 0.3) is 0 Å². The maximum absolute atomic E-state index is 12.0. The molecule has 0 aromatic carbocycles. The molecular formula is C17H31N5O2S. The van der Waals surface area contributed by atoms with Crippen LogP contribution in [0.1, 0.15) is 61.3 Å². The Hall–Kier alpha value is -1.57. The number of hydrogen-bond acceptors (Lipinski definition) is 8. The zero-order valence-electron chi connectivity index (χ0n) is 16.4. The molecule has 1 heterocycles. The topological polar surface area (TPSA) is 80.2 Å². The summed E-state index contributed by atoms with van der Waals surface area (Å²) in [5, 5.41) is 3.15. The molecule has 0 saturated carbocycles. The number of nitrogens with zero attached hydrogens (tertiary/aromatic N) is 4. The van der Waals surface area contributed by atoms with Crippen LogP contribution < -0.4 is 10.2 Å². The zero-order valence-corrected chi connectivity index (χ0v) is 17.2. The second-order valence-corrected chi connectivity index (χ2v) is 7.59. The number of hydrogen-bond donors (Lipinski definition) is 1. The van der Waals surface area contributed by atoms with E-state index in [1.165, 1.54) is 0 Å². The third-order valence-corrected chi connectivity index (χ3v) is 3.91. The first-order valence-electron chi connectivity index (χ1n) is 8.90. The van der Waals surface area contributed by atoms with Crippen LogP contribution in [0.15, 0.2) is 5.16 Å². The summed E-state index contributed by atoms with van der Waals surface area (Å²) >= 11 is 0.900. The van der Waals surface area contributed by atoms with Crippen LogP contribution in [0.3, 0.4) is 0 Å². The van der Waals surface area contributed by atoms with Gasteiger partial charge >= 0.3 is 5.30 Å². The predicted molar refractivity (Wildman–Crippen MR) is 103 cm³/mol. The Morgan fingerprint density at radius 2 is 1.76 bits per heavy atom.